The molecule has 4 aromatic heterocycles. The summed E-state index contributed by atoms with van der Waals surface area (Å²) >= 11 is 0. The largest absolute Gasteiger partial charge is 0.309 e. The average Bonchev–Trinajstić information content (AvgIpc) is 4.18. The molecule has 0 aliphatic heterocycles. The molecule has 0 radical (unpaired) electrons. The van der Waals surface area contributed by atoms with E-state index in [0.717, 1.165) is 22.7 Å². The number of fused-ring (bicyclic) bond motifs is 10. The van der Waals surface area contributed by atoms with Gasteiger partial charge in [-0.05, 0) is 107 Å². The van der Waals surface area contributed by atoms with Gasteiger partial charge < -0.3 is 18.3 Å². The fraction of sp³-hybridized carbons (Fsp3) is 0. The summed E-state index contributed by atoms with van der Waals surface area (Å²) in [7, 11) is 0. The van der Waals surface area contributed by atoms with Crippen LogP contribution in [0.2, 0.25) is 0 Å². The molecule has 0 amide bonds. The summed E-state index contributed by atoms with van der Waals surface area (Å²) < 4.78 is 9.73. The van der Waals surface area contributed by atoms with Crippen LogP contribution in [-0.4, -0.2) is 18.3 Å². The smallest absolute Gasteiger partial charge is 0.0635 e. The van der Waals surface area contributed by atoms with Crippen molar-refractivity contribution in [2.24, 2.45) is 0 Å². The highest BCUT2D eigenvalue weighted by Gasteiger charge is 2.22. The minimum absolute atomic E-state index is 1.13. The van der Waals surface area contributed by atoms with Gasteiger partial charge >= 0.3 is 0 Å². The molecular weight excluding hydrogens is 825 g/mol. The van der Waals surface area contributed by atoms with Crippen molar-refractivity contribution in [3.05, 3.63) is 255 Å². The zero-order valence-electron chi connectivity index (χ0n) is 37.0. The fourth-order valence-corrected chi connectivity index (χ4v) is 11.0. The van der Waals surface area contributed by atoms with E-state index in [1.807, 2.05) is 0 Å². The SMILES string of the molecule is c1ccc(-c2cc3c(ccc4c5ccccc5n(-c5ccc(-c6ccc(-n7c8ccccc8c8ccc9c(cc(-c%10ccccc%10)n9-c9ccccc9)c87)cc6)cc5)c43)n2-c2ccccc2)cc1. The van der Waals surface area contributed by atoms with Crippen molar-refractivity contribution in [3.63, 3.8) is 0 Å². The Bertz CT molecular complexity index is 3920. The van der Waals surface area contributed by atoms with E-state index < -0.39 is 0 Å². The number of hydrogen-bond donors (Lipinski definition) is 0. The molecule has 68 heavy (non-hydrogen) atoms. The Morgan fingerprint density at radius 2 is 0.515 bits per heavy atom. The van der Waals surface area contributed by atoms with Gasteiger partial charge in [-0.1, -0.05) is 170 Å². The maximum Gasteiger partial charge on any atom is 0.0635 e. The zero-order valence-corrected chi connectivity index (χ0v) is 37.0. The van der Waals surface area contributed by atoms with Crippen molar-refractivity contribution in [2.45, 2.75) is 0 Å². The lowest BCUT2D eigenvalue weighted by atomic mass is 10.0. The second-order valence-electron chi connectivity index (χ2n) is 17.7. The number of nitrogens with zero attached hydrogens (tertiary/aromatic N) is 4. The van der Waals surface area contributed by atoms with E-state index in [0.29, 0.717) is 0 Å². The first-order valence-corrected chi connectivity index (χ1v) is 23.3. The molecule has 0 saturated heterocycles. The molecule has 4 nitrogen and oxygen atoms in total. The summed E-state index contributed by atoms with van der Waals surface area (Å²) in [5.74, 6) is 0. The molecule has 0 N–H and O–H groups in total. The molecule has 0 bridgehead atoms. The van der Waals surface area contributed by atoms with Crippen molar-refractivity contribution in [1.29, 1.82) is 0 Å². The van der Waals surface area contributed by atoms with Gasteiger partial charge in [0.25, 0.3) is 0 Å². The van der Waals surface area contributed by atoms with E-state index in [1.54, 1.807) is 0 Å². The van der Waals surface area contributed by atoms with Crippen LogP contribution in [0.3, 0.4) is 0 Å². The van der Waals surface area contributed by atoms with Crippen LogP contribution in [0.15, 0.2) is 255 Å². The first-order valence-electron chi connectivity index (χ1n) is 23.3. The lowest BCUT2D eigenvalue weighted by Crippen LogP contribution is -1.97. The number of para-hydroxylation sites is 4. The van der Waals surface area contributed by atoms with Crippen LogP contribution >= 0.6 is 0 Å². The van der Waals surface area contributed by atoms with Crippen LogP contribution in [0, 0.1) is 0 Å². The van der Waals surface area contributed by atoms with Gasteiger partial charge in [0.05, 0.1) is 44.5 Å². The maximum absolute atomic E-state index is 2.46. The molecule has 0 atom stereocenters. The number of rotatable bonds is 7. The van der Waals surface area contributed by atoms with Gasteiger partial charge in [-0.2, -0.15) is 0 Å². The highest BCUT2D eigenvalue weighted by Crippen LogP contribution is 2.43. The number of hydrogen-bond acceptors (Lipinski definition) is 0. The van der Waals surface area contributed by atoms with Crippen LogP contribution in [0.5, 0.6) is 0 Å². The van der Waals surface area contributed by atoms with E-state index >= 15 is 0 Å². The van der Waals surface area contributed by atoms with E-state index in [1.165, 1.54) is 99.1 Å². The second-order valence-corrected chi connectivity index (χ2v) is 17.7. The molecule has 4 heterocycles. The minimum Gasteiger partial charge on any atom is -0.309 e. The summed E-state index contributed by atoms with van der Waals surface area (Å²) in [5.41, 5.74) is 18.8. The molecule has 14 rings (SSSR count). The van der Waals surface area contributed by atoms with Crippen LogP contribution in [0.4, 0.5) is 0 Å². The van der Waals surface area contributed by atoms with E-state index in [-0.39, 0.29) is 0 Å². The Balaban J connectivity index is 0.900. The van der Waals surface area contributed by atoms with Crippen molar-refractivity contribution in [2.75, 3.05) is 0 Å². The van der Waals surface area contributed by atoms with Crippen LogP contribution in [-0.2, 0) is 0 Å². The van der Waals surface area contributed by atoms with Gasteiger partial charge in [0.2, 0.25) is 0 Å². The van der Waals surface area contributed by atoms with Crippen LogP contribution in [0.1, 0.15) is 0 Å². The second kappa shape index (κ2) is 15.2. The molecule has 14 aromatic rings. The summed E-state index contributed by atoms with van der Waals surface area (Å²) in [5, 5.41) is 7.41. The summed E-state index contributed by atoms with van der Waals surface area (Å²) in [6, 6.07) is 92.8. The molecule has 318 valence electrons. The topological polar surface area (TPSA) is 19.7 Å². The number of aromatic nitrogens is 4. The molecule has 0 unspecified atom stereocenters. The van der Waals surface area contributed by atoms with Crippen molar-refractivity contribution in [1.82, 2.24) is 18.3 Å². The Labute approximate surface area is 393 Å². The molecule has 0 fully saturated rings. The average molecular weight is 867 g/mol. The first kappa shape index (κ1) is 38.2. The molecule has 4 heteroatoms. The standard InChI is InChI=1S/C64H42N4/c1-5-17-45(18-6-1)61-41-55-59(65(61)47-21-9-3-10-22-47)39-37-53-51-25-13-15-27-57(51)67(63(53)55)49-33-29-43(30-34-49)44-31-35-50(36-32-44)68-58-28-16-14-26-52(58)54-38-40-60-56(64(54)68)42-62(46-19-7-2-8-20-46)66(60)48-23-11-4-12-24-48/h1-42H. The van der Waals surface area contributed by atoms with Gasteiger partial charge in [-0.3, -0.25) is 0 Å². The Morgan fingerprint density at radius 1 is 0.191 bits per heavy atom. The third-order valence-electron chi connectivity index (χ3n) is 14.0. The van der Waals surface area contributed by atoms with Gasteiger partial charge in [0.15, 0.2) is 0 Å². The molecule has 0 aliphatic rings. The Kier molecular flexibility index (Phi) is 8.55. The fourth-order valence-electron chi connectivity index (χ4n) is 11.0. The number of benzene rings is 10. The van der Waals surface area contributed by atoms with Crippen molar-refractivity contribution >= 4 is 65.4 Å². The third kappa shape index (κ3) is 5.81. The third-order valence-corrected chi connectivity index (χ3v) is 14.0. The Hall–Kier alpha value is -9.12. The Morgan fingerprint density at radius 3 is 0.912 bits per heavy atom. The predicted octanol–water partition coefficient (Wildman–Crippen LogP) is 16.8. The lowest BCUT2D eigenvalue weighted by Gasteiger charge is -2.13. The lowest BCUT2D eigenvalue weighted by molar-refractivity contribution is 1.13. The monoisotopic (exact) mass is 866 g/mol. The predicted molar refractivity (Wildman–Crippen MR) is 285 cm³/mol. The normalized spacial score (nSPS) is 11.8. The molecule has 0 saturated carbocycles. The van der Waals surface area contributed by atoms with Crippen LogP contribution in [0.25, 0.3) is 122 Å². The van der Waals surface area contributed by atoms with Crippen molar-refractivity contribution in [3.8, 4) is 56.4 Å². The minimum atomic E-state index is 1.13. The van der Waals surface area contributed by atoms with Gasteiger partial charge in [0, 0.05) is 55.1 Å². The quantitative estimate of drug-likeness (QED) is 0.152. The zero-order chi connectivity index (χ0) is 44.7. The highest BCUT2D eigenvalue weighted by molar-refractivity contribution is 6.20. The van der Waals surface area contributed by atoms with Crippen molar-refractivity contribution < 1.29 is 0 Å². The maximum atomic E-state index is 2.46. The van der Waals surface area contributed by atoms with E-state index in [4.69, 9.17) is 0 Å². The van der Waals surface area contributed by atoms with E-state index in [9.17, 15) is 0 Å². The molecular formula is C64H42N4. The summed E-state index contributed by atoms with van der Waals surface area (Å²) in [6.07, 6.45) is 0. The summed E-state index contributed by atoms with van der Waals surface area (Å²) in [4.78, 5) is 0. The van der Waals surface area contributed by atoms with Crippen LogP contribution < -0.4 is 0 Å². The molecule has 10 aromatic carbocycles. The summed E-state index contributed by atoms with van der Waals surface area (Å²) in [6.45, 7) is 0. The highest BCUT2D eigenvalue weighted by atomic mass is 15.0. The molecule has 0 aliphatic carbocycles. The van der Waals surface area contributed by atoms with Gasteiger partial charge in [-0.25, -0.2) is 0 Å². The van der Waals surface area contributed by atoms with Gasteiger partial charge in [0.1, 0.15) is 0 Å². The first-order chi connectivity index (χ1) is 33.8. The van der Waals surface area contributed by atoms with Gasteiger partial charge in [-0.15, -0.1) is 0 Å². The van der Waals surface area contributed by atoms with E-state index in [2.05, 4.69) is 273 Å². The molecule has 0 spiro atoms.